The number of hydrogen-bond acceptors (Lipinski definition) is 10. The van der Waals surface area contributed by atoms with Gasteiger partial charge >= 0.3 is 5.97 Å². The Morgan fingerprint density at radius 2 is 1.97 bits per heavy atom. The summed E-state index contributed by atoms with van der Waals surface area (Å²) in [7, 11) is 1.41. The van der Waals surface area contributed by atoms with E-state index in [0.717, 1.165) is 0 Å². The molecule has 1 aliphatic rings. The smallest absolute Gasteiger partial charge is 0.330 e. The van der Waals surface area contributed by atoms with Gasteiger partial charge in [-0.25, -0.2) is 4.79 Å². The normalized spacial score (nSPS) is 28.3. The molecule has 162 valence electrons. The van der Waals surface area contributed by atoms with Crippen LogP contribution in [0.1, 0.15) is 12.5 Å². The fraction of sp³-hybridized carbons (Fsp3) is 0.526. The summed E-state index contributed by atoms with van der Waals surface area (Å²) < 4.78 is 20.7. The number of aromatic hydroxyl groups is 1. The quantitative estimate of drug-likeness (QED) is 0.269. The lowest BCUT2D eigenvalue weighted by Gasteiger charge is -2.40. The van der Waals surface area contributed by atoms with Crippen LogP contribution in [0, 0.1) is 0 Å². The predicted octanol–water partition coefficient (Wildman–Crippen LogP) is -0.838. The lowest BCUT2D eigenvalue weighted by Crippen LogP contribution is -2.59. The van der Waals surface area contributed by atoms with Crippen molar-refractivity contribution in [2.75, 3.05) is 20.3 Å². The van der Waals surface area contributed by atoms with Crippen LogP contribution < -0.4 is 4.74 Å². The molecular formula is C19H26O10. The molecule has 1 saturated heterocycles. The van der Waals surface area contributed by atoms with E-state index < -0.39 is 49.4 Å². The Kier molecular flexibility index (Phi) is 8.38. The monoisotopic (exact) mass is 414 g/mol. The first-order valence-electron chi connectivity index (χ1n) is 8.94. The van der Waals surface area contributed by atoms with Crippen molar-refractivity contribution in [1.82, 2.24) is 0 Å². The van der Waals surface area contributed by atoms with E-state index in [-0.39, 0.29) is 18.1 Å². The summed E-state index contributed by atoms with van der Waals surface area (Å²) in [4.78, 5) is 11.9. The van der Waals surface area contributed by atoms with Crippen molar-refractivity contribution in [1.29, 1.82) is 0 Å². The predicted molar refractivity (Wildman–Crippen MR) is 99.0 cm³/mol. The van der Waals surface area contributed by atoms with E-state index in [9.17, 15) is 25.2 Å². The Bertz CT molecular complexity index is 704. The molecule has 10 nitrogen and oxygen atoms in total. The van der Waals surface area contributed by atoms with Gasteiger partial charge in [0, 0.05) is 6.08 Å². The molecule has 1 aromatic rings. The maximum Gasteiger partial charge on any atom is 0.330 e. The molecule has 1 aromatic carbocycles. The van der Waals surface area contributed by atoms with Gasteiger partial charge in [-0.15, -0.1) is 0 Å². The van der Waals surface area contributed by atoms with Gasteiger partial charge in [-0.05, 0) is 30.7 Å². The topological polar surface area (TPSA) is 155 Å². The van der Waals surface area contributed by atoms with Crippen LogP contribution in [0.25, 0.3) is 6.08 Å². The zero-order valence-corrected chi connectivity index (χ0v) is 16.0. The number of aliphatic hydroxyl groups is 4. The highest BCUT2D eigenvalue weighted by Gasteiger charge is 2.44. The summed E-state index contributed by atoms with van der Waals surface area (Å²) in [6.45, 7) is 0.821. The van der Waals surface area contributed by atoms with Crippen LogP contribution in [0.3, 0.4) is 0 Å². The molecule has 0 aliphatic carbocycles. The van der Waals surface area contributed by atoms with Crippen LogP contribution in [-0.2, 0) is 19.0 Å². The number of esters is 1. The molecule has 1 fully saturated rings. The van der Waals surface area contributed by atoms with Crippen LogP contribution in [0.5, 0.6) is 11.5 Å². The SMILES string of the molecule is COc1cc(/C=C/C(=O)OC[C@H](C)O[C@@H]2O[C@H](CO)[C@@H](O)[C@H](O)[C@H]2O)ccc1O. The molecule has 0 bridgehead atoms. The lowest BCUT2D eigenvalue weighted by molar-refractivity contribution is -0.311. The molecular weight excluding hydrogens is 388 g/mol. The lowest BCUT2D eigenvalue weighted by atomic mass is 9.99. The molecule has 29 heavy (non-hydrogen) atoms. The van der Waals surface area contributed by atoms with Crippen LogP contribution in [0.15, 0.2) is 24.3 Å². The molecule has 0 aromatic heterocycles. The Balaban J connectivity index is 1.84. The number of rotatable bonds is 8. The second-order valence-corrected chi connectivity index (χ2v) is 6.54. The van der Waals surface area contributed by atoms with Gasteiger partial charge in [-0.3, -0.25) is 0 Å². The van der Waals surface area contributed by atoms with Gasteiger partial charge < -0.3 is 44.5 Å². The average Bonchev–Trinajstić information content (AvgIpc) is 2.72. The molecule has 1 aliphatic heterocycles. The van der Waals surface area contributed by atoms with Crippen molar-refractivity contribution < 1.29 is 49.3 Å². The zero-order chi connectivity index (χ0) is 21.6. The Hall–Kier alpha value is -2.21. The molecule has 5 N–H and O–H groups in total. The molecule has 6 atom stereocenters. The third-order valence-electron chi connectivity index (χ3n) is 4.29. The molecule has 0 saturated carbocycles. The molecule has 0 unspecified atom stereocenters. The van der Waals surface area contributed by atoms with E-state index in [1.165, 1.54) is 25.3 Å². The first-order valence-corrected chi connectivity index (χ1v) is 8.94. The highest BCUT2D eigenvalue weighted by Crippen LogP contribution is 2.26. The zero-order valence-electron chi connectivity index (χ0n) is 16.0. The average molecular weight is 414 g/mol. The number of hydrogen-bond donors (Lipinski definition) is 5. The number of ether oxygens (including phenoxy) is 4. The second kappa shape index (κ2) is 10.5. The minimum absolute atomic E-state index is 0.0219. The van der Waals surface area contributed by atoms with Crippen molar-refractivity contribution in [3.05, 3.63) is 29.8 Å². The van der Waals surface area contributed by atoms with E-state index in [1.807, 2.05) is 0 Å². The van der Waals surface area contributed by atoms with E-state index in [0.29, 0.717) is 5.56 Å². The summed E-state index contributed by atoms with van der Waals surface area (Å²) in [5, 5.41) is 48.1. The molecule has 1 heterocycles. The largest absolute Gasteiger partial charge is 0.504 e. The number of phenolic OH excluding ortho intramolecular Hbond substituents is 1. The van der Waals surface area contributed by atoms with Gasteiger partial charge in [-0.2, -0.15) is 0 Å². The number of aliphatic hydroxyl groups excluding tert-OH is 4. The number of carbonyl (C=O) groups excluding carboxylic acids is 1. The Morgan fingerprint density at radius 1 is 1.24 bits per heavy atom. The van der Waals surface area contributed by atoms with Crippen LogP contribution in [0.2, 0.25) is 0 Å². The van der Waals surface area contributed by atoms with Crippen molar-refractivity contribution in [3.8, 4) is 11.5 Å². The molecule has 0 spiro atoms. The van der Waals surface area contributed by atoms with E-state index in [1.54, 1.807) is 19.1 Å². The highest BCUT2D eigenvalue weighted by atomic mass is 16.7. The molecule has 0 amide bonds. The van der Waals surface area contributed by atoms with Gasteiger partial charge in [0.1, 0.15) is 31.0 Å². The molecule has 0 radical (unpaired) electrons. The molecule has 10 heteroatoms. The fourth-order valence-corrected chi connectivity index (χ4v) is 2.66. The first-order chi connectivity index (χ1) is 13.8. The third-order valence-corrected chi connectivity index (χ3v) is 4.29. The fourth-order valence-electron chi connectivity index (χ4n) is 2.66. The second-order valence-electron chi connectivity index (χ2n) is 6.54. The minimum atomic E-state index is -1.55. The molecule has 2 rings (SSSR count). The Morgan fingerprint density at radius 3 is 2.62 bits per heavy atom. The van der Waals surface area contributed by atoms with Gasteiger partial charge in [0.25, 0.3) is 0 Å². The van der Waals surface area contributed by atoms with Crippen LogP contribution in [-0.4, -0.2) is 88.6 Å². The van der Waals surface area contributed by atoms with Crippen LogP contribution >= 0.6 is 0 Å². The van der Waals surface area contributed by atoms with Crippen molar-refractivity contribution in [2.45, 2.75) is 43.7 Å². The van der Waals surface area contributed by atoms with Crippen molar-refractivity contribution in [2.24, 2.45) is 0 Å². The number of benzene rings is 1. The van der Waals surface area contributed by atoms with Crippen molar-refractivity contribution >= 4 is 12.0 Å². The van der Waals surface area contributed by atoms with Gasteiger partial charge in [-0.1, -0.05) is 6.07 Å². The number of methoxy groups -OCH3 is 1. The van der Waals surface area contributed by atoms with E-state index >= 15 is 0 Å². The Labute approximate surface area is 167 Å². The maximum atomic E-state index is 11.9. The minimum Gasteiger partial charge on any atom is -0.504 e. The van der Waals surface area contributed by atoms with E-state index in [2.05, 4.69) is 0 Å². The summed E-state index contributed by atoms with van der Waals surface area (Å²) in [5.74, 6) is -0.408. The summed E-state index contributed by atoms with van der Waals surface area (Å²) in [6.07, 6.45) is -4.99. The first kappa shape index (κ1) is 23.1. The van der Waals surface area contributed by atoms with Crippen molar-refractivity contribution in [3.63, 3.8) is 0 Å². The third kappa shape index (κ3) is 6.13. The van der Waals surface area contributed by atoms with Gasteiger partial charge in [0.05, 0.1) is 19.8 Å². The standard InChI is InChI=1S/C19H26O10/c1-10(28-19-18(25)17(24)16(23)14(8-20)29-19)9-27-15(22)6-4-11-3-5-12(21)13(7-11)26-2/h3-7,10,14,16-21,23-25H,8-9H2,1-2H3/b6-4+/t10-,14+,16+,17-,18+,19+/m0/s1. The highest BCUT2D eigenvalue weighted by molar-refractivity contribution is 5.87. The summed E-state index contributed by atoms with van der Waals surface area (Å²) in [6, 6.07) is 4.57. The number of carbonyl (C=O) groups is 1. The maximum absolute atomic E-state index is 11.9. The van der Waals surface area contributed by atoms with Gasteiger partial charge in [0.2, 0.25) is 0 Å². The summed E-state index contributed by atoms with van der Waals surface area (Å²) in [5.41, 5.74) is 0.613. The number of phenols is 1. The van der Waals surface area contributed by atoms with Gasteiger partial charge in [0.15, 0.2) is 17.8 Å². The van der Waals surface area contributed by atoms with E-state index in [4.69, 9.17) is 24.1 Å². The summed E-state index contributed by atoms with van der Waals surface area (Å²) >= 11 is 0. The van der Waals surface area contributed by atoms with Crippen LogP contribution in [0.4, 0.5) is 0 Å².